The standard InChI is InChI=1S/C21H25N3O2S/c25-19(22-16-8-9-16)10-7-15-4-3-13-24(14-15)21(26)12-11-20-23-17-5-1-2-6-18(17)27-20/h1-2,5-6,11-12,15-16H,3-4,7-10,13-14H2,(H,22,25). The van der Waals surface area contributed by atoms with Gasteiger partial charge in [-0.05, 0) is 56.2 Å². The highest BCUT2D eigenvalue weighted by Gasteiger charge is 2.25. The van der Waals surface area contributed by atoms with Crippen molar-refractivity contribution in [2.45, 2.75) is 44.6 Å². The highest BCUT2D eigenvalue weighted by Crippen LogP contribution is 2.24. The lowest BCUT2D eigenvalue weighted by Crippen LogP contribution is -2.39. The van der Waals surface area contributed by atoms with Crippen LogP contribution in [-0.2, 0) is 9.59 Å². The summed E-state index contributed by atoms with van der Waals surface area (Å²) in [6.45, 7) is 1.55. The van der Waals surface area contributed by atoms with Gasteiger partial charge in [0.1, 0.15) is 5.01 Å². The molecule has 4 rings (SSSR count). The minimum atomic E-state index is 0.0430. The molecular weight excluding hydrogens is 358 g/mol. The molecule has 27 heavy (non-hydrogen) atoms. The van der Waals surface area contributed by atoms with Crippen molar-refractivity contribution in [3.05, 3.63) is 35.3 Å². The number of amides is 2. The van der Waals surface area contributed by atoms with Gasteiger partial charge in [0.05, 0.1) is 10.2 Å². The largest absolute Gasteiger partial charge is 0.353 e. The van der Waals surface area contributed by atoms with Crippen LogP contribution in [-0.4, -0.2) is 40.8 Å². The number of benzene rings is 1. The van der Waals surface area contributed by atoms with Crippen LogP contribution >= 0.6 is 11.3 Å². The first-order valence-corrected chi connectivity index (χ1v) is 10.6. The second-order valence-corrected chi connectivity index (χ2v) is 8.59. The van der Waals surface area contributed by atoms with Gasteiger partial charge in [-0.15, -0.1) is 11.3 Å². The Morgan fingerprint density at radius 1 is 1.26 bits per heavy atom. The summed E-state index contributed by atoms with van der Waals surface area (Å²) >= 11 is 1.59. The molecular formula is C21H25N3O2S. The van der Waals surface area contributed by atoms with Gasteiger partial charge in [-0.1, -0.05) is 12.1 Å². The van der Waals surface area contributed by atoms with Crippen molar-refractivity contribution in [1.29, 1.82) is 0 Å². The van der Waals surface area contributed by atoms with Crippen molar-refractivity contribution in [2.24, 2.45) is 5.92 Å². The third-order valence-corrected chi connectivity index (χ3v) is 6.23. The van der Waals surface area contributed by atoms with E-state index < -0.39 is 0 Å². The summed E-state index contributed by atoms with van der Waals surface area (Å²) in [5, 5.41) is 3.90. The number of hydrogen-bond donors (Lipinski definition) is 1. The molecule has 1 saturated heterocycles. The molecule has 0 radical (unpaired) electrons. The van der Waals surface area contributed by atoms with Crippen LogP contribution in [0.1, 0.15) is 43.5 Å². The second kappa shape index (κ2) is 8.21. The van der Waals surface area contributed by atoms with Crippen LogP contribution in [0.3, 0.4) is 0 Å². The Bertz CT molecular complexity index is 823. The lowest BCUT2D eigenvalue weighted by molar-refractivity contribution is -0.127. The number of piperidine rings is 1. The number of thiazole rings is 1. The van der Waals surface area contributed by atoms with Crippen molar-refractivity contribution in [3.63, 3.8) is 0 Å². The van der Waals surface area contributed by atoms with Gasteiger partial charge in [0.15, 0.2) is 0 Å². The Balaban J connectivity index is 1.29. The molecule has 142 valence electrons. The van der Waals surface area contributed by atoms with Crippen LogP contribution in [0.4, 0.5) is 0 Å². The van der Waals surface area contributed by atoms with E-state index in [1.54, 1.807) is 17.4 Å². The van der Waals surface area contributed by atoms with Crippen LogP contribution in [0.5, 0.6) is 0 Å². The lowest BCUT2D eigenvalue weighted by Gasteiger charge is -2.32. The molecule has 1 atom stereocenters. The number of carbonyl (C=O) groups excluding carboxylic acids is 2. The van der Waals surface area contributed by atoms with Gasteiger partial charge in [-0.3, -0.25) is 9.59 Å². The molecule has 2 amide bonds. The second-order valence-electron chi connectivity index (χ2n) is 7.53. The Hall–Kier alpha value is -2.21. The summed E-state index contributed by atoms with van der Waals surface area (Å²) in [4.78, 5) is 30.9. The Labute approximate surface area is 163 Å². The average molecular weight is 384 g/mol. The van der Waals surface area contributed by atoms with E-state index in [0.29, 0.717) is 18.4 Å². The molecule has 2 aliphatic rings. The lowest BCUT2D eigenvalue weighted by atomic mass is 9.93. The maximum absolute atomic E-state index is 12.6. The van der Waals surface area contributed by atoms with Gasteiger partial charge >= 0.3 is 0 Å². The SMILES string of the molecule is O=C(CCC1CCCN(C(=O)C=Cc2nc3ccccc3s2)C1)NC1CC1. The number of para-hydroxylation sites is 1. The number of nitrogens with one attached hydrogen (secondary N) is 1. The molecule has 1 aromatic carbocycles. The van der Waals surface area contributed by atoms with Crippen molar-refractivity contribution in [2.75, 3.05) is 13.1 Å². The Morgan fingerprint density at radius 3 is 2.93 bits per heavy atom. The van der Waals surface area contributed by atoms with Crippen LogP contribution in [0, 0.1) is 5.92 Å². The fourth-order valence-corrected chi connectivity index (χ4v) is 4.44. The van der Waals surface area contributed by atoms with Crippen molar-refractivity contribution in [1.82, 2.24) is 15.2 Å². The molecule has 1 unspecified atom stereocenters. The molecule has 6 heteroatoms. The van der Waals surface area contributed by atoms with E-state index >= 15 is 0 Å². The van der Waals surface area contributed by atoms with E-state index in [0.717, 1.165) is 60.4 Å². The summed E-state index contributed by atoms with van der Waals surface area (Å²) in [5.74, 6) is 0.626. The van der Waals surface area contributed by atoms with Crippen LogP contribution in [0.15, 0.2) is 30.3 Å². The van der Waals surface area contributed by atoms with E-state index in [-0.39, 0.29) is 11.8 Å². The van der Waals surface area contributed by atoms with Crippen molar-refractivity contribution >= 4 is 39.4 Å². The zero-order valence-electron chi connectivity index (χ0n) is 15.4. The van der Waals surface area contributed by atoms with Crippen LogP contribution in [0.25, 0.3) is 16.3 Å². The number of fused-ring (bicyclic) bond motifs is 1. The maximum Gasteiger partial charge on any atom is 0.246 e. The molecule has 2 aromatic rings. The van der Waals surface area contributed by atoms with E-state index in [4.69, 9.17) is 0 Å². The molecule has 2 heterocycles. The van der Waals surface area contributed by atoms with E-state index in [2.05, 4.69) is 10.3 Å². The van der Waals surface area contributed by atoms with Crippen LogP contribution < -0.4 is 5.32 Å². The van der Waals surface area contributed by atoms with Gasteiger partial charge in [0.25, 0.3) is 0 Å². The molecule has 0 bridgehead atoms. The number of nitrogens with zero attached hydrogens (tertiary/aromatic N) is 2. The molecule has 1 aliphatic heterocycles. The monoisotopic (exact) mass is 383 g/mol. The number of likely N-dealkylation sites (tertiary alicyclic amines) is 1. The van der Waals surface area contributed by atoms with Crippen molar-refractivity contribution in [3.8, 4) is 0 Å². The number of rotatable bonds is 6. The van der Waals surface area contributed by atoms with Gasteiger partial charge in [-0.2, -0.15) is 0 Å². The quantitative estimate of drug-likeness (QED) is 0.775. The Kier molecular flexibility index (Phi) is 5.53. The molecule has 1 N–H and O–H groups in total. The minimum absolute atomic E-state index is 0.0430. The predicted molar refractivity (Wildman–Crippen MR) is 108 cm³/mol. The van der Waals surface area contributed by atoms with E-state index in [1.165, 1.54) is 0 Å². The van der Waals surface area contributed by atoms with E-state index in [9.17, 15) is 9.59 Å². The molecule has 5 nitrogen and oxygen atoms in total. The number of carbonyl (C=O) groups is 2. The van der Waals surface area contributed by atoms with Gasteiger partial charge in [0, 0.05) is 31.6 Å². The zero-order valence-corrected chi connectivity index (χ0v) is 16.2. The minimum Gasteiger partial charge on any atom is -0.353 e. The topological polar surface area (TPSA) is 62.3 Å². The summed E-state index contributed by atoms with van der Waals surface area (Å²) < 4.78 is 1.13. The predicted octanol–water partition coefficient (Wildman–Crippen LogP) is 3.61. The first-order chi connectivity index (χ1) is 13.2. The van der Waals surface area contributed by atoms with Gasteiger partial charge < -0.3 is 10.2 Å². The molecule has 0 spiro atoms. The number of aromatic nitrogens is 1. The van der Waals surface area contributed by atoms with E-state index in [1.807, 2.05) is 35.2 Å². The Morgan fingerprint density at radius 2 is 2.11 bits per heavy atom. The first kappa shape index (κ1) is 18.2. The van der Waals surface area contributed by atoms with Crippen molar-refractivity contribution < 1.29 is 9.59 Å². The zero-order chi connectivity index (χ0) is 18.6. The normalized spacial score (nSPS) is 20.3. The van der Waals surface area contributed by atoms with Crippen LogP contribution in [0.2, 0.25) is 0 Å². The first-order valence-electron chi connectivity index (χ1n) is 9.79. The summed E-state index contributed by atoms with van der Waals surface area (Å²) in [7, 11) is 0. The fraction of sp³-hybridized carbons (Fsp3) is 0.476. The average Bonchev–Trinajstić information content (AvgIpc) is 3.40. The summed E-state index contributed by atoms with van der Waals surface area (Å²) in [6.07, 6.45) is 9.25. The summed E-state index contributed by atoms with van der Waals surface area (Å²) in [6, 6.07) is 8.42. The summed E-state index contributed by atoms with van der Waals surface area (Å²) in [5.41, 5.74) is 0.970. The molecule has 2 fully saturated rings. The van der Waals surface area contributed by atoms with Gasteiger partial charge in [0.2, 0.25) is 11.8 Å². The highest BCUT2D eigenvalue weighted by molar-refractivity contribution is 7.19. The highest BCUT2D eigenvalue weighted by atomic mass is 32.1. The third kappa shape index (κ3) is 4.95. The molecule has 1 saturated carbocycles. The maximum atomic E-state index is 12.6. The fourth-order valence-electron chi connectivity index (χ4n) is 3.57. The number of hydrogen-bond acceptors (Lipinski definition) is 4. The molecule has 1 aliphatic carbocycles. The molecule has 1 aromatic heterocycles. The smallest absolute Gasteiger partial charge is 0.246 e. The third-order valence-electron chi connectivity index (χ3n) is 5.23. The van der Waals surface area contributed by atoms with Gasteiger partial charge in [-0.25, -0.2) is 4.98 Å².